The Morgan fingerprint density at radius 3 is 2.53 bits per heavy atom. The third-order valence-electron chi connectivity index (χ3n) is 4.02. The van der Waals surface area contributed by atoms with Crippen LogP contribution in [0.5, 0.6) is 5.75 Å². The molecule has 1 N–H and O–H groups in total. The van der Waals surface area contributed by atoms with E-state index in [1.54, 1.807) is 25.1 Å². The van der Waals surface area contributed by atoms with Crippen molar-refractivity contribution in [1.82, 2.24) is 10.2 Å². The van der Waals surface area contributed by atoms with Gasteiger partial charge in [-0.1, -0.05) is 28.1 Å². The van der Waals surface area contributed by atoms with E-state index < -0.39 is 12.5 Å². The minimum atomic E-state index is -2.99. The summed E-state index contributed by atoms with van der Waals surface area (Å²) in [5.41, 5.74) is 1.01. The SMILES string of the molecule is CCN(CC(=O)NCc1ccc(F)cc1)C(=O)/C=C/c1cc(Br)ccc1OC(F)F. The van der Waals surface area contributed by atoms with Crippen LogP contribution in [0.15, 0.2) is 53.0 Å². The number of likely N-dealkylation sites (N-methyl/N-ethyl adjacent to an activating group) is 1. The van der Waals surface area contributed by atoms with E-state index in [2.05, 4.69) is 26.0 Å². The summed E-state index contributed by atoms with van der Waals surface area (Å²) >= 11 is 3.24. The van der Waals surface area contributed by atoms with E-state index >= 15 is 0 Å². The summed E-state index contributed by atoms with van der Waals surface area (Å²) in [6, 6.07) is 10.1. The third-order valence-corrected chi connectivity index (χ3v) is 4.52. The Kier molecular flexibility index (Phi) is 8.91. The molecule has 9 heteroatoms. The van der Waals surface area contributed by atoms with Crippen molar-refractivity contribution in [3.8, 4) is 5.75 Å². The van der Waals surface area contributed by atoms with Crippen LogP contribution in [0.25, 0.3) is 6.08 Å². The van der Waals surface area contributed by atoms with E-state index in [4.69, 9.17) is 0 Å². The highest BCUT2D eigenvalue weighted by molar-refractivity contribution is 9.10. The third kappa shape index (κ3) is 7.55. The maximum atomic E-state index is 12.9. The van der Waals surface area contributed by atoms with Crippen LogP contribution in [0.3, 0.4) is 0 Å². The number of halogens is 4. The number of hydrogen-bond donors (Lipinski definition) is 1. The van der Waals surface area contributed by atoms with Crippen molar-refractivity contribution in [2.24, 2.45) is 0 Å². The first kappa shape index (κ1) is 23.5. The molecule has 0 saturated carbocycles. The molecule has 0 aliphatic rings. The van der Waals surface area contributed by atoms with E-state index in [0.29, 0.717) is 4.47 Å². The van der Waals surface area contributed by atoms with E-state index in [1.165, 1.54) is 41.3 Å². The van der Waals surface area contributed by atoms with Gasteiger partial charge in [-0.05, 0) is 48.9 Å². The molecule has 30 heavy (non-hydrogen) atoms. The number of nitrogens with zero attached hydrogens (tertiary/aromatic N) is 1. The molecule has 2 aromatic rings. The summed E-state index contributed by atoms with van der Waals surface area (Å²) in [5.74, 6) is -1.28. The van der Waals surface area contributed by atoms with Crippen molar-refractivity contribution in [3.05, 3.63) is 70.0 Å². The Morgan fingerprint density at radius 1 is 1.20 bits per heavy atom. The Balaban J connectivity index is 1.98. The number of benzene rings is 2. The van der Waals surface area contributed by atoms with Crippen LogP contribution < -0.4 is 10.1 Å². The number of amides is 2. The Bertz CT molecular complexity index is 905. The first-order chi connectivity index (χ1) is 14.3. The summed E-state index contributed by atoms with van der Waals surface area (Å²) in [5, 5.41) is 2.66. The molecule has 2 amide bonds. The monoisotopic (exact) mass is 484 g/mol. The lowest BCUT2D eigenvalue weighted by molar-refractivity contribution is -0.132. The number of carbonyl (C=O) groups is 2. The molecule has 0 aliphatic carbocycles. The van der Waals surface area contributed by atoms with Crippen LogP contribution in [0.2, 0.25) is 0 Å². The van der Waals surface area contributed by atoms with Gasteiger partial charge in [-0.25, -0.2) is 4.39 Å². The summed E-state index contributed by atoms with van der Waals surface area (Å²) < 4.78 is 43.1. The average Bonchev–Trinajstić information content (AvgIpc) is 2.71. The van der Waals surface area contributed by atoms with Crippen LogP contribution >= 0.6 is 15.9 Å². The van der Waals surface area contributed by atoms with Crippen LogP contribution in [0.1, 0.15) is 18.1 Å². The highest BCUT2D eigenvalue weighted by atomic mass is 79.9. The lowest BCUT2D eigenvalue weighted by Gasteiger charge is -2.18. The van der Waals surface area contributed by atoms with Crippen molar-refractivity contribution >= 4 is 33.8 Å². The standard InChI is InChI=1S/C21H20BrF3N2O3/c1-2-27(13-19(28)26-12-14-3-7-17(23)8-4-14)20(29)10-5-15-11-16(22)6-9-18(15)30-21(24)25/h3-11,21H,2,12-13H2,1H3,(H,26,28)/b10-5+. The molecule has 160 valence electrons. The molecule has 5 nitrogen and oxygen atoms in total. The van der Waals surface area contributed by atoms with Crippen molar-refractivity contribution in [2.45, 2.75) is 20.1 Å². The largest absolute Gasteiger partial charge is 0.434 e. The van der Waals surface area contributed by atoms with Gasteiger partial charge >= 0.3 is 6.61 Å². The van der Waals surface area contributed by atoms with Gasteiger partial charge in [-0.15, -0.1) is 0 Å². The fraction of sp³-hybridized carbons (Fsp3) is 0.238. The van der Waals surface area contributed by atoms with Crippen LogP contribution in [-0.2, 0) is 16.1 Å². The quantitative estimate of drug-likeness (QED) is 0.537. The van der Waals surface area contributed by atoms with Gasteiger partial charge in [0.2, 0.25) is 11.8 Å². The molecule has 0 aromatic heterocycles. The Hall–Kier alpha value is -2.81. The minimum absolute atomic E-state index is 0.0719. The number of nitrogens with one attached hydrogen (secondary N) is 1. The first-order valence-corrected chi connectivity index (χ1v) is 9.80. The van der Waals surface area contributed by atoms with Gasteiger partial charge in [-0.3, -0.25) is 9.59 Å². The molecular formula is C21H20BrF3N2O3. The fourth-order valence-corrected chi connectivity index (χ4v) is 2.88. The molecule has 0 atom stereocenters. The van der Waals surface area contributed by atoms with E-state index in [9.17, 15) is 22.8 Å². The van der Waals surface area contributed by atoms with Gasteiger partial charge < -0.3 is 15.0 Å². The summed E-state index contributed by atoms with van der Waals surface area (Å²) in [6.45, 7) is -0.992. The molecule has 0 aliphatic heterocycles. The summed E-state index contributed by atoms with van der Waals surface area (Å²) in [6.07, 6.45) is 2.54. The van der Waals surface area contributed by atoms with E-state index in [1.807, 2.05) is 0 Å². The zero-order valence-corrected chi connectivity index (χ0v) is 17.7. The molecule has 2 aromatic carbocycles. The highest BCUT2D eigenvalue weighted by Crippen LogP contribution is 2.26. The lowest BCUT2D eigenvalue weighted by atomic mass is 10.2. The predicted octanol–water partition coefficient (Wildman–Crippen LogP) is 4.37. The Labute approximate surface area is 180 Å². The smallest absolute Gasteiger partial charge is 0.387 e. The van der Waals surface area contributed by atoms with Crippen molar-refractivity contribution in [3.63, 3.8) is 0 Å². The van der Waals surface area contributed by atoms with E-state index in [-0.39, 0.29) is 42.7 Å². The minimum Gasteiger partial charge on any atom is -0.434 e. The van der Waals surface area contributed by atoms with Crippen LogP contribution in [0, 0.1) is 5.82 Å². The van der Waals surface area contributed by atoms with Crippen LogP contribution in [-0.4, -0.2) is 36.4 Å². The molecule has 0 spiro atoms. The predicted molar refractivity (Wildman–Crippen MR) is 110 cm³/mol. The molecular weight excluding hydrogens is 465 g/mol. The molecule has 0 saturated heterocycles. The van der Waals surface area contributed by atoms with Gasteiger partial charge in [0.05, 0.1) is 6.54 Å². The normalized spacial score (nSPS) is 11.0. The Morgan fingerprint density at radius 2 is 1.90 bits per heavy atom. The van der Waals surface area contributed by atoms with Crippen molar-refractivity contribution in [1.29, 1.82) is 0 Å². The molecule has 0 unspecified atom stereocenters. The van der Waals surface area contributed by atoms with Gasteiger partial charge in [0, 0.05) is 29.2 Å². The van der Waals surface area contributed by atoms with Gasteiger partial charge in [-0.2, -0.15) is 8.78 Å². The number of ether oxygens (including phenoxy) is 1. The zero-order valence-electron chi connectivity index (χ0n) is 16.1. The lowest BCUT2D eigenvalue weighted by Crippen LogP contribution is -2.39. The fourth-order valence-electron chi connectivity index (χ4n) is 2.50. The maximum absolute atomic E-state index is 12.9. The summed E-state index contributed by atoms with van der Waals surface area (Å²) in [4.78, 5) is 25.9. The number of rotatable bonds is 9. The number of hydrogen-bond acceptors (Lipinski definition) is 3. The molecule has 0 fully saturated rings. The zero-order chi connectivity index (χ0) is 22.1. The van der Waals surface area contributed by atoms with Gasteiger partial charge in [0.15, 0.2) is 0 Å². The van der Waals surface area contributed by atoms with E-state index in [0.717, 1.165) is 5.56 Å². The summed E-state index contributed by atoms with van der Waals surface area (Å²) in [7, 11) is 0. The highest BCUT2D eigenvalue weighted by Gasteiger charge is 2.14. The topological polar surface area (TPSA) is 58.6 Å². The van der Waals surface area contributed by atoms with Crippen molar-refractivity contribution in [2.75, 3.05) is 13.1 Å². The van der Waals surface area contributed by atoms with Gasteiger partial charge in [0.25, 0.3) is 0 Å². The van der Waals surface area contributed by atoms with Crippen LogP contribution in [0.4, 0.5) is 13.2 Å². The number of carbonyl (C=O) groups excluding carboxylic acids is 2. The molecule has 2 rings (SSSR count). The molecule has 0 bridgehead atoms. The second-order valence-corrected chi connectivity index (χ2v) is 7.07. The molecule has 0 radical (unpaired) electrons. The van der Waals surface area contributed by atoms with Gasteiger partial charge in [0.1, 0.15) is 11.6 Å². The first-order valence-electron chi connectivity index (χ1n) is 9.01. The van der Waals surface area contributed by atoms with Crippen molar-refractivity contribution < 1.29 is 27.5 Å². The molecule has 0 heterocycles. The average molecular weight is 485 g/mol. The number of alkyl halides is 2. The second-order valence-electron chi connectivity index (χ2n) is 6.15. The second kappa shape index (κ2) is 11.4. The maximum Gasteiger partial charge on any atom is 0.387 e.